The Morgan fingerprint density at radius 3 is 2.61 bits per heavy atom. The summed E-state index contributed by atoms with van der Waals surface area (Å²) in [4.78, 5) is 16.3. The first-order valence-corrected chi connectivity index (χ1v) is 10.9. The average Bonchev–Trinajstić information content (AvgIpc) is 3.23. The van der Waals surface area contributed by atoms with Gasteiger partial charge in [0, 0.05) is 5.38 Å². The summed E-state index contributed by atoms with van der Waals surface area (Å²) in [5.74, 6) is 2.79. The second-order valence-corrected chi connectivity index (χ2v) is 8.46. The van der Waals surface area contributed by atoms with Crippen LogP contribution in [-0.4, -0.2) is 27.8 Å². The number of hydrogen-bond donors (Lipinski definition) is 4. The largest absolute Gasteiger partial charge is 0.394 e. The monoisotopic (exact) mass is 433 g/mol. The zero-order valence-electron chi connectivity index (χ0n) is 16.8. The lowest BCUT2D eigenvalue weighted by molar-refractivity contribution is -0.0387. The Bertz CT molecular complexity index is 1110. The third-order valence-corrected chi connectivity index (χ3v) is 6.36. The van der Waals surface area contributed by atoms with E-state index in [9.17, 15) is 15.0 Å². The highest BCUT2D eigenvalue weighted by Gasteiger charge is 2.36. The van der Waals surface area contributed by atoms with Crippen LogP contribution in [0.25, 0.3) is 11.1 Å². The lowest BCUT2D eigenvalue weighted by atomic mass is 9.74. The van der Waals surface area contributed by atoms with Crippen molar-refractivity contribution in [1.82, 2.24) is 10.3 Å². The van der Waals surface area contributed by atoms with E-state index in [1.54, 1.807) is 5.38 Å². The van der Waals surface area contributed by atoms with Gasteiger partial charge in [0.15, 0.2) is 5.01 Å². The van der Waals surface area contributed by atoms with E-state index in [0.717, 1.165) is 41.5 Å². The number of thiazole rings is 1. The number of carbonyl (C=O) groups excluding carboxylic acids is 1. The molecule has 0 bridgehead atoms. The number of aliphatic hydroxyl groups is 2. The normalized spacial score (nSPS) is 15.4. The molecule has 158 valence electrons. The fraction of sp³-hybridized carbons (Fsp3) is 0.250. The molecular weight excluding hydrogens is 410 g/mol. The Morgan fingerprint density at radius 2 is 2.00 bits per heavy atom. The third-order valence-electron chi connectivity index (χ3n) is 5.58. The molecule has 6 nitrogen and oxygen atoms in total. The average molecular weight is 434 g/mol. The van der Waals surface area contributed by atoms with Crippen LogP contribution >= 0.6 is 11.3 Å². The van der Waals surface area contributed by atoms with Gasteiger partial charge in [-0.25, -0.2) is 9.78 Å². The van der Waals surface area contributed by atoms with Crippen LogP contribution in [-0.2, 0) is 5.60 Å². The van der Waals surface area contributed by atoms with Crippen LogP contribution in [0.1, 0.15) is 41.4 Å². The fourth-order valence-electron chi connectivity index (χ4n) is 3.64. The van der Waals surface area contributed by atoms with Crippen LogP contribution in [0.3, 0.4) is 0 Å². The molecule has 2 aromatic carbocycles. The summed E-state index contributed by atoms with van der Waals surface area (Å²) in [5.41, 5.74) is 3.04. The van der Waals surface area contributed by atoms with Gasteiger partial charge in [-0.3, -0.25) is 5.32 Å². The van der Waals surface area contributed by atoms with E-state index >= 15 is 0 Å². The molecule has 3 aromatic rings. The number of hydrogen-bond acceptors (Lipinski definition) is 5. The maximum absolute atomic E-state index is 12.3. The van der Waals surface area contributed by atoms with Gasteiger partial charge in [-0.2, -0.15) is 0 Å². The molecule has 4 N–H and O–H groups in total. The van der Waals surface area contributed by atoms with E-state index in [0.29, 0.717) is 10.8 Å². The van der Waals surface area contributed by atoms with E-state index in [1.807, 2.05) is 48.5 Å². The van der Waals surface area contributed by atoms with Gasteiger partial charge in [0.2, 0.25) is 0 Å². The zero-order chi connectivity index (χ0) is 21.8. The van der Waals surface area contributed by atoms with E-state index in [-0.39, 0.29) is 6.61 Å². The molecule has 1 saturated carbocycles. The van der Waals surface area contributed by atoms with Crippen LogP contribution in [0.4, 0.5) is 10.6 Å². The molecule has 1 aliphatic carbocycles. The number of terminal acetylenes is 1. The minimum absolute atomic E-state index is 0.248. The summed E-state index contributed by atoms with van der Waals surface area (Å²) in [7, 11) is 0. The van der Waals surface area contributed by atoms with Gasteiger partial charge in [0.05, 0.1) is 18.2 Å². The van der Waals surface area contributed by atoms with E-state index in [4.69, 9.17) is 6.42 Å². The zero-order valence-corrected chi connectivity index (χ0v) is 17.7. The highest BCUT2D eigenvalue weighted by molar-refractivity contribution is 7.10. The Kier molecular flexibility index (Phi) is 6.05. The van der Waals surface area contributed by atoms with Crippen molar-refractivity contribution in [3.8, 4) is 23.5 Å². The maximum atomic E-state index is 12.3. The Hall–Kier alpha value is -3.18. The number of aromatic nitrogens is 1. The second kappa shape index (κ2) is 8.90. The molecule has 7 heteroatoms. The molecular formula is C24H23N3O3S. The lowest BCUT2D eigenvalue weighted by Gasteiger charge is -2.37. The number of amides is 2. The summed E-state index contributed by atoms with van der Waals surface area (Å²) >= 11 is 1.26. The fourth-order valence-corrected chi connectivity index (χ4v) is 4.19. The predicted octanol–water partition coefficient (Wildman–Crippen LogP) is 4.02. The van der Waals surface area contributed by atoms with Gasteiger partial charge in [0.25, 0.3) is 0 Å². The summed E-state index contributed by atoms with van der Waals surface area (Å²) < 4.78 is 0. The van der Waals surface area contributed by atoms with Gasteiger partial charge in [0.1, 0.15) is 5.82 Å². The minimum Gasteiger partial charge on any atom is -0.394 e. The predicted molar refractivity (Wildman–Crippen MR) is 122 cm³/mol. The molecule has 1 aliphatic rings. The number of carbonyl (C=O) groups is 1. The van der Waals surface area contributed by atoms with Crippen molar-refractivity contribution in [3.63, 3.8) is 0 Å². The number of urea groups is 1. The third kappa shape index (κ3) is 4.62. The first-order valence-electron chi connectivity index (χ1n) is 10.0. The molecule has 1 fully saturated rings. The quantitative estimate of drug-likeness (QED) is 0.442. The molecule has 1 atom stereocenters. The summed E-state index contributed by atoms with van der Waals surface area (Å²) in [5, 5.41) is 27.9. The van der Waals surface area contributed by atoms with Gasteiger partial charge in [-0.15, -0.1) is 17.8 Å². The second-order valence-electron chi connectivity index (χ2n) is 7.60. The van der Waals surface area contributed by atoms with E-state index < -0.39 is 17.7 Å². The van der Waals surface area contributed by atoms with E-state index in [2.05, 4.69) is 21.5 Å². The van der Waals surface area contributed by atoms with Gasteiger partial charge < -0.3 is 15.5 Å². The Morgan fingerprint density at radius 1 is 1.23 bits per heavy atom. The number of aliphatic hydroxyl groups excluding tert-OH is 1. The molecule has 0 spiro atoms. The molecule has 0 aliphatic heterocycles. The molecule has 31 heavy (non-hydrogen) atoms. The van der Waals surface area contributed by atoms with Gasteiger partial charge in [-0.1, -0.05) is 42.5 Å². The van der Waals surface area contributed by atoms with Crippen LogP contribution in [0.15, 0.2) is 53.9 Å². The number of benzene rings is 2. The Labute approximate surface area is 185 Å². The molecule has 0 unspecified atom stereocenters. The van der Waals surface area contributed by atoms with Crippen molar-refractivity contribution >= 4 is 23.2 Å². The van der Waals surface area contributed by atoms with Crippen molar-refractivity contribution in [1.29, 1.82) is 0 Å². The highest BCUT2D eigenvalue weighted by atomic mass is 32.1. The van der Waals surface area contributed by atoms with Crippen LogP contribution < -0.4 is 10.6 Å². The summed E-state index contributed by atoms with van der Waals surface area (Å²) in [6.07, 6.45) is 7.93. The molecule has 1 heterocycles. The molecule has 0 radical (unpaired) electrons. The van der Waals surface area contributed by atoms with Crippen molar-refractivity contribution in [2.45, 2.75) is 30.9 Å². The van der Waals surface area contributed by atoms with E-state index in [1.165, 1.54) is 11.3 Å². The molecule has 1 aromatic heterocycles. The van der Waals surface area contributed by atoms with Crippen molar-refractivity contribution < 1.29 is 15.0 Å². The highest BCUT2D eigenvalue weighted by Crippen LogP contribution is 2.42. The van der Waals surface area contributed by atoms with Gasteiger partial charge >= 0.3 is 6.03 Å². The van der Waals surface area contributed by atoms with Crippen LogP contribution in [0, 0.1) is 12.3 Å². The van der Waals surface area contributed by atoms with Crippen molar-refractivity contribution in [2.75, 3.05) is 11.9 Å². The van der Waals surface area contributed by atoms with Crippen LogP contribution in [0.2, 0.25) is 0 Å². The SMILES string of the molecule is C#Cc1nc(NC(=O)N[C@@H](CO)c2ccc(-c3cccc(C4(O)CCC4)c3)cc2)cs1. The number of rotatable bonds is 6. The smallest absolute Gasteiger partial charge is 0.320 e. The number of nitrogens with one attached hydrogen (secondary N) is 2. The summed E-state index contributed by atoms with van der Waals surface area (Å²) in [6, 6.07) is 14.6. The first-order chi connectivity index (χ1) is 15.0. The lowest BCUT2D eigenvalue weighted by Crippen LogP contribution is -2.34. The number of nitrogens with zero attached hydrogens (tertiary/aromatic N) is 1. The topological polar surface area (TPSA) is 94.5 Å². The minimum atomic E-state index is -0.701. The first kappa shape index (κ1) is 21.1. The Balaban J connectivity index is 1.44. The van der Waals surface area contributed by atoms with Gasteiger partial charge in [-0.05, 0) is 53.5 Å². The standard InChI is InChI=1S/C24H23N3O3S/c1-2-22-26-21(15-31-22)27-23(29)25-20(14-28)17-9-7-16(8-10-17)18-5-3-6-19(13-18)24(30)11-4-12-24/h1,3,5-10,13,15,20,28,30H,4,11-12,14H2,(H2,25,27,29)/t20-/m0/s1. The maximum Gasteiger partial charge on any atom is 0.320 e. The molecule has 4 rings (SSSR count). The van der Waals surface area contributed by atoms with Crippen molar-refractivity contribution in [3.05, 3.63) is 70.0 Å². The molecule has 2 amide bonds. The van der Waals surface area contributed by atoms with Crippen LogP contribution in [0.5, 0.6) is 0 Å². The number of anilines is 1. The molecule has 0 saturated heterocycles. The summed E-state index contributed by atoms with van der Waals surface area (Å²) in [6.45, 7) is -0.248. The van der Waals surface area contributed by atoms with Crippen molar-refractivity contribution in [2.24, 2.45) is 0 Å².